The molecule has 3 rings (SSSR count). The number of carbonyl (C=O) groups is 1. The zero-order chi connectivity index (χ0) is 17.8. The van der Waals surface area contributed by atoms with Crippen LogP contribution in [0.3, 0.4) is 0 Å². The number of nitrogens with zero attached hydrogens (tertiary/aromatic N) is 1. The molecule has 0 bridgehead atoms. The molecule has 1 aliphatic rings. The maximum Gasteiger partial charge on any atom is 0.263 e. The second-order valence-corrected chi connectivity index (χ2v) is 6.55. The SMILES string of the molecule is NC1CCCN(C=O)C1Cc1cccc(-c2cccc(C(F)F)c2)c1. The molecule has 0 spiro atoms. The van der Waals surface area contributed by atoms with Gasteiger partial charge in [0.25, 0.3) is 6.43 Å². The molecule has 2 atom stereocenters. The number of benzene rings is 2. The number of alkyl halides is 2. The topological polar surface area (TPSA) is 46.3 Å². The lowest BCUT2D eigenvalue weighted by Gasteiger charge is -2.37. The average molecular weight is 344 g/mol. The smallest absolute Gasteiger partial charge is 0.263 e. The van der Waals surface area contributed by atoms with Crippen molar-refractivity contribution < 1.29 is 13.6 Å². The maximum atomic E-state index is 12.9. The number of hydrogen-bond donors (Lipinski definition) is 1. The first-order valence-electron chi connectivity index (χ1n) is 8.52. The Morgan fingerprint density at radius 2 is 1.88 bits per heavy atom. The van der Waals surface area contributed by atoms with E-state index >= 15 is 0 Å². The van der Waals surface area contributed by atoms with E-state index in [1.54, 1.807) is 11.0 Å². The molecule has 1 aliphatic heterocycles. The average Bonchev–Trinajstić information content (AvgIpc) is 2.64. The normalized spacial score (nSPS) is 20.7. The van der Waals surface area contributed by atoms with Crippen LogP contribution in [0, 0.1) is 0 Å². The molecule has 2 N–H and O–H groups in total. The summed E-state index contributed by atoms with van der Waals surface area (Å²) in [5, 5.41) is 0. The van der Waals surface area contributed by atoms with Gasteiger partial charge in [-0.15, -0.1) is 0 Å². The number of nitrogens with two attached hydrogens (primary N) is 1. The van der Waals surface area contributed by atoms with Crippen LogP contribution in [0.2, 0.25) is 0 Å². The first-order chi connectivity index (χ1) is 12.1. The Kier molecular flexibility index (Phi) is 5.43. The zero-order valence-corrected chi connectivity index (χ0v) is 13.9. The van der Waals surface area contributed by atoms with Crippen molar-refractivity contribution >= 4 is 6.41 Å². The molecular weight excluding hydrogens is 322 g/mol. The quantitative estimate of drug-likeness (QED) is 0.839. The van der Waals surface area contributed by atoms with E-state index in [1.165, 1.54) is 12.1 Å². The van der Waals surface area contributed by atoms with Gasteiger partial charge < -0.3 is 10.6 Å². The van der Waals surface area contributed by atoms with Gasteiger partial charge in [-0.3, -0.25) is 4.79 Å². The Bertz CT molecular complexity index is 735. The van der Waals surface area contributed by atoms with Crippen LogP contribution in [-0.2, 0) is 11.2 Å². The van der Waals surface area contributed by atoms with Crippen molar-refractivity contribution in [3.63, 3.8) is 0 Å². The summed E-state index contributed by atoms with van der Waals surface area (Å²) in [5.41, 5.74) is 8.93. The Morgan fingerprint density at radius 1 is 1.16 bits per heavy atom. The van der Waals surface area contributed by atoms with Crippen molar-refractivity contribution in [1.29, 1.82) is 0 Å². The summed E-state index contributed by atoms with van der Waals surface area (Å²) in [5.74, 6) is 0. The highest BCUT2D eigenvalue weighted by Gasteiger charge is 2.28. The highest BCUT2D eigenvalue weighted by atomic mass is 19.3. The zero-order valence-electron chi connectivity index (χ0n) is 13.9. The van der Waals surface area contributed by atoms with Crippen molar-refractivity contribution in [2.45, 2.75) is 37.8 Å². The van der Waals surface area contributed by atoms with E-state index < -0.39 is 6.43 Å². The molecule has 25 heavy (non-hydrogen) atoms. The molecule has 0 radical (unpaired) electrons. The van der Waals surface area contributed by atoms with E-state index in [0.717, 1.165) is 42.5 Å². The Hall–Kier alpha value is -2.27. The van der Waals surface area contributed by atoms with Gasteiger partial charge in [-0.25, -0.2) is 8.78 Å². The molecule has 0 aliphatic carbocycles. The number of hydrogen-bond acceptors (Lipinski definition) is 2. The lowest BCUT2D eigenvalue weighted by atomic mass is 9.91. The minimum absolute atomic E-state index is 0.0179. The number of carbonyl (C=O) groups excluding carboxylic acids is 1. The van der Waals surface area contributed by atoms with Gasteiger partial charge in [0.2, 0.25) is 6.41 Å². The summed E-state index contributed by atoms with van der Waals surface area (Å²) < 4.78 is 25.8. The lowest BCUT2D eigenvalue weighted by molar-refractivity contribution is -0.121. The summed E-state index contributed by atoms with van der Waals surface area (Å²) in [6.07, 6.45) is 0.897. The third kappa shape index (κ3) is 4.04. The van der Waals surface area contributed by atoms with Gasteiger partial charge in [0, 0.05) is 18.2 Å². The molecule has 0 saturated carbocycles. The molecule has 1 amide bonds. The van der Waals surface area contributed by atoms with E-state index in [9.17, 15) is 13.6 Å². The third-order valence-electron chi connectivity index (χ3n) is 4.85. The Morgan fingerprint density at radius 3 is 2.60 bits per heavy atom. The fourth-order valence-corrected chi connectivity index (χ4v) is 3.49. The lowest BCUT2D eigenvalue weighted by Crippen LogP contribution is -2.52. The molecule has 2 aromatic rings. The first kappa shape index (κ1) is 17.5. The van der Waals surface area contributed by atoms with E-state index in [-0.39, 0.29) is 17.6 Å². The van der Waals surface area contributed by atoms with Gasteiger partial charge in [0.15, 0.2) is 0 Å². The van der Waals surface area contributed by atoms with Gasteiger partial charge in [0.05, 0.1) is 6.04 Å². The summed E-state index contributed by atoms with van der Waals surface area (Å²) >= 11 is 0. The van der Waals surface area contributed by atoms with Crippen LogP contribution in [0.5, 0.6) is 0 Å². The summed E-state index contributed by atoms with van der Waals surface area (Å²) in [6, 6.07) is 14.2. The summed E-state index contributed by atoms with van der Waals surface area (Å²) in [4.78, 5) is 13.1. The van der Waals surface area contributed by atoms with E-state index in [0.29, 0.717) is 6.42 Å². The van der Waals surface area contributed by atoms with Crippen molar-refractivity contribution in [1.82, 2.24) is 4.90 Å². The molecule has 132 valence electrons. The van der Waals surface area contributed by atoms with Gasteiger partial charge in [-0.2, -0.15) is 0 Å². The van der Waals surface area contributed by atoms with Crippen LogP contribution < -0.4 is 5.73 Å². The number of halogens is 2. The van der Waals surface area contributed by atoms with Gasteiger partial charge >= 0.3 is 0 Å². The number of amides is 1. The van der Waals surface area contributed by atoms with Crippen molar-refractivity contribution in [2.75, 3.05) is 6.54 Å². The van der Waals surface area contributed by atoms with Gasteiger partial charge in [-0.05, 0) is 42.0 Å². The molecule has 1 saturated heterocycles. The largest absolute Gasteiger partial charge is 0.340 e. The predicted octanol–water partition coefficient (Wildman–Crippen LogP) is 3.78. The molecule has 1 fully saturated rings. The number of rotatable bonds is 5. The molecule has 5 heteroatoms. The highest BCUT2D eigenvalue weighted by molar-refractivity contribution is 5.65. The van der Waals surface area contributed by atoms with Crippen LogP contribution in [0.15, 0.2) is 48.5 Å². The Balaban J connectivity index is 1.84. The van der Waals surface area contributed by atoms with E-state index in [4.69, 9.17) is 5.73 Å². The van der Waals surface area contributed by atoms with Crippen LogP contribution in [-0.4, -0.2) is 29.9 Å². The van der Waals surface area contributed by atoms with Crippen molar-refractivity contribution in [3.8, 4) is 11.1 Å². The van der Waals surface area contributed by atoms with E-state index in [1.807, 2.05) is 30.3 Å². The van der Waals surface area contributed by atoms with Gasteiger partial charge in [-0.1, -0.05) is 42.5 Å². The maximum absolute atomic E-state index is 12.9. The number of piperidine rings is 1. The fourth-order valence-electron chi connectivity index (χ4n) is 3.49. The molecule has 0 aromatic heterocycles. The first-order valence-corrected chi connectivity index (χ1v) is 8.52. The van der Waals surface area contributed by atoms with Crippen molar-refractivity contribution in [3.05, 3.63) is 59.7 Å². The van der Waals surface area contributed by atoms with Crippen LogP contribution in [0.4, 0.5) is 8.78 Å². The standard InChI is InChI=1S/C20H22F2N2O/c21-20(22)17-7-2-6-16(12-17)15-5-1-4-14(10-15)11-19-18(23)8-3-9-24(19)13-25/h1-2,4-7,10,12-13,18-20H,3,8-9,11,23H2. The molecule has 3 nitrogen and oxygen atoms in total. The van der Waals surface area contributed by atoms with Crippen LogP contribution in [0.25, 0.3) is 11.1 Å². The molecular formula is C20H22F2N2O. The fraction of sp³-hybridized carbons (Fsp3) is 0.350. The second kappa shape index (κ2) is 7.74. The monoisotopic (exact) mass is 344 g/mol. The van der Waals surface area contributed by atoms with Crippen LogP contribution >= 0.6 is 0 Å². The third-order valence-corrected chi connectivity index (χ3v) is 4.85. The van der Waals surface area contributed by atoms with Crippen LogP contribution in [0.1, 0.15) is 30.4 Å². The molecule has 2 aromatic carbocycles. The minimum atomic E-state index is -2.48. The predicted molar refractivity (Wildman–Crippen MR) is 94.3 cm³/mol. The second-order valence-electron chi connectivity index (χ2n) is 6.55. The molecule has 1 heterocycles. The summed E-state index contributed by atoms with van der Waals surface area (Å²) in [6.45, 7) is 0.734. The Labute approximate surface area is 146 Å². The summed E-state index contributed by atoms with van der Waals surface area (Å²) in [7, 11) is 0. The molecule has 2 unspecified atom stereocenters. The van der Waals surface area contributed by atoms with E-state index in [2.05, 4.69) is 0 Å². The highest BCUT2D eigenvalue weighted by Crippen LogP contribution is 2.27. The minimum Gasteiger partial charge on any atom is -0.340 e. The number of likely N-dealkylation sites (tertiary alicyclic amines) is 1. The van der Waals surface area contributed by atoms with Gasteiger partial charge in [0.1, 0.15) is 0 Å². The van der Waals surface area contributed by atoms with Crippen molar-refractivity contribution in [2.24, 2.45) is 5.73 Å².